The largest absolute Gasteiger partial charge is 0.497 e. The number of carbonyl (C=O) groups excluding carboxylic acids is 1. The number of nitrogens with zero attached hydrogens (tertiary/aromatic N) is 3. The molecule has 0 fully saturated rings. The van der Waals surface area contributed by atoms with E-state index in [4.69, 9.17) is 9.72 Å². The number of carbonyl (C=O) groups is 1. The molecule has 0 bridgehead atoms. The number of hydrogen-bond acceptors (Lipinski definition) is 5. The number of anilines is 1. The second-order valence-corrected chi connectivity index (χ2v) is 8.35. The maximum absolute atomic E-state index is 13.8. The molecule has 5 nitrogen and oxygen atoms in total. The summed E-state index contributed by atoms with van der Waals surface area (Å²) in [6.07, 6.45) is 0. The van der Waals surface area contributed by atoms with Gasteiger partial charge >= 0.3 is 0 Å². The van der Waals surface area contributed by atoms with Gasteiger partial charge in [0.05, 0.1) is 17.3 Å². The normalized spacial score (nSPS) is 11.0. The summed E-state index contributed by atoms with van der Waals surface area (Å²) >= 11 is 1.53. The molecule has 32 heavy (non-hydrogen) atoms. The monoisotopic (exact) mass is 469 g/mol. The topological polar surface area (TPSA) is 45.7 Å². The van der Waals surface area contributed by atoms with Gasteiger partial charge in [-0.25, -0.2) is 4.98 Å². The first-order chi connectivity index (χ1) is 15.1. The zero-order valence-electron chi connectivity index (χ0n) is 18.6. The fourth-order valence-corrected chi connectivity index (χ4v) is 4.78. The molecule has 0 saturated carbocycles. The van der Waals surface area contributed by atoms with Crippen molar-refractivity contribution in [3.8, 4) is 5.75 Å². The number of benzene rings is 3. The zero-order chi connectivity index (χ0) is 21.8. The van der Waals surface area contributed by atoms with Crippen molar-refractivity contribution in [1.29, 1.82) is 0 Å². The molecule has 0 aliphatic heterocycles. The molecule has 0 unspecified atom stereocenters. The Kier molecular flexibility index (Phi) is 8.07. The van der Waals surface area contributed by atoms with Gasteiger partial charge < -0.3 is 9.64 Å². The summed E-state index contributed by atoms with van der Waals surface area (Å²) in [6.45, 7) is 7.56. The Morgan fingerprint density at radius 1 is 1.00 bits per heavy atom. The van der Waals surface area contributed by atoms with Crippen molar-refractivity contribution in [2.24, 2.45) is 0 Å². The maximum Gasteiger partial charge on any atom is 0.260 e. The maximum atomic E-state index is 13.8. The first-order valence-corrected chi connectivity index (χ1v) is 11.4. The van der Waals surface area contributed by atoms with E-state index in [1.165, 1.54) is 11.3 Å². The minimum atomic E-state index is -0.0185. The highest BCUT2D eigenvalue weighted by molar-refractivity contribution is 7.22. The lowest BCUT2D eigenvalue weighted by Gasteiger charge is -2.25. The fraction of sp³-hybridized carbons (Fsp3) is 0.280. The number of likely N-dealkylation sites (N-methyl/N-ethyl adjacent to an activating group) is 1. The molecular weight excluding hydrogens is 442 g/mol. The second kappa shape index (κ2) is 10.8. The zero-order valence-corrected chi connectivity index (χ0v) is 20.2. The Morgan fingerprint density at radius 3 is 2.50 bits per heavy atom. The minimum absolute atomic E-state index is 0. The summed E-state index contributed by atoms with van der Waals surface area (Å²) in [5.74, 6) is 0.771. The number of aromatic nitrogens is 1. The number of ether oxygens (including phenoxy) is 1. The third-order valence-corrected chi connectivity index (χ3v) is 6.66. The van der Waals surface area contributed by atoms with Gasteiger partial charge in [0.1, 0.15) is 5.75 Å². The molecule has 0 aliphatic carbocycles. The average molecular weight is 470 g/mol. The summed E-state index contributed by atoms with van der Waals surface area (Å²) in [5.41, 5.74) is 1.58. The van der Waals surface area contributed by atoms with Gasteiger partial charge in [-0.3, -0.25) is 9.69 Å². The highest BCUT2D eigenvalue weighted by Crippen LogP contribution is 2.33. The van der Waals surface area contributed by atoms with E-state index in [9.17, 15) is 4.79 Å². The Hall–Kier alpha value is -2.67. The van der Waals surface area contributed by atoms with Crippen LogP contribution in [0.3, 0.4) is 0 Å². The van der Waals surface area contributed by atoms with E-state index in [1.807, 2.05) is 65.6 Å². The summed E-state index contributed by atoms with van der Waals surface area (Å²) in [5, 5.41) is 2.74. The van der Waals surface area contributed by atoms with E-state index in [0.717, 1.165) is 46.4 Å². The molecule has 0 spiro atoms. The molecular formula is C25H28ClN3O2S. The molecule has 1 aromatic heterocycles. The lowest BCUT2D eigenvalue weighted by Crippen LogP contribution is -2.39. The van der Waals surface area contributed by atoms with Crippen LogP contribution in [0.1, 0.15) is 24.2 Å². The number of hydrogen-bond donors (Lipinski definition) is 0. The predicted octanol–water partition coefficient (Wildman–Crippen LogP) is 5.87. The number of amides is 1. The van der Waals surface area contributed by atoms with Crippen molar-refractivity contribution in [3.05, 3.63) is 66.2 Å². The van der Waals surface area contributed by atoms with Gasteiger partial charge in [0.25, 0.3) is 5.91 Å². The van der Waals surface area contributed by atoms with Gasteiger partial charge in [0, 0.05) is 18.7 Å². The van der Waals surface area contributed by atoms with Crippen LogP contribution in [-0.4, -0.2) is 49.1 Å². The average Bonchev–Trinajstić information content (AvgIpc) is 3.24. The molecule has 0 atom stereocenters. The van der Waals surface area contributed by atoms with E-state index < -0.39 is 0 Å². The van der Waals surface area contributed by atoms with Gasteiger partial charge in [-0.1, -0.05) is 61.6 Å². The Morgan fingerprint density at radius 2 is 1.75 bits per heavy atom. The molecule has 0 N–H and O–H groups in total. The van der Waals surface area contributed by atoms with Crippen LogP contribution in [0.2, 0.25) is 0 Å². The van der Waals surface area contributed by atoms with E-state index in [2.05, 4.69) is 18.7 Å². The molecule has 0 radical (unpaired) electrons. The lowest BCUT2D eigenvalue weighted by atomic mass is 10.0. The van der Waals surface area contributed by atoms with Gasteiger partial charge in [0.2, 0.25) is 0 Å². The van der Waals surface area contributed by atoms with Crippen LogP contribution in [-0.2, 0) is 0 Å². The Labute approximate surface area is 199 Å². The third-order valence-electron chi connectivity index (χ3n) is 5.61. The van der Waals surface area contributed by atoms with Crippen molar-refractivity contribution in [3.63, 3.8) is 0 Å². The predicted molar refractivity (Wildman–Crippen MR) is 137 cm³/mol. The van der Waals surface area contributed by atoms with Gasteiger partial charge in [-0.05, 0) is 48.1 Å². The van der Waals surface area contributed by atoms with Crippen molar-refractivity contribution < 1.29 is 9.53 Å². The van der Waals surface area contributed by atoms with E-state index in [0.29, 0.717) is 17.2 Å². The smallest absolute Gasteiger partial charge is 0.260 e. The summed E-state index contributed by atoms with van der Waals surface area (Å²) in [7, 11) is 1.66. The number of rotatable bonds is 8. The number of halogens is 1. The molecule has 168 valence electrons. The highest BCUT2D eigenvalue weighted by Gasteiger charge is 2.23. The van der Waals surface area contributed by atoms with Gasteiger partial charge in [-0.2, -0.15) is 0 Å². The van der Waals surface area contributed by atoms with Crippen LogP contribution in [0.4, 0.5) is 5.13 Å². The van der Waals surface area contributed by atoms with E-state index in [1.54, 1.807) is 7.11 Å². The molecule has 3 aromatic carbocycles. The van der Waals surface area contributed by atoms with Crippen LogP contribution in [0.25, 0.3) is 21.0 Å². The highest BCUT2D eigenvalue weighted by atomic mass is 35.5. The summed E-state index contributed by atoms with van der Waals surface area (Å²) in [4.78, 5) is 22.7. The second-order valence-electron chi connectivity index (χ2n) is 7.34. The van der Waals surface area contributed by atoms with Crippen LogP contribution in [0.5, 0.6) is 5.75 Å². The molecule has 1 heterocycles. The standard InChI is InChI=1S/C25H27N3O2S.ClH/c1-4-27(5-2)15-16-28(25-26-22-14-13-19(30-3)17-23(22)31-25)24(29)21-12-8-10-18-9-6-7-11-20(18)21;/h6-14,17H,4-5,15-16H2,1-3H3;1H. The van der Waals surface area contributed by atoms with Crippen molar-refractivity contribution >= 4 is 55.8 Å². The molecule has 1 amide bonds. The van der Waals surface area contributed by atoms with E-state index >= 15 is 0 Å². The van der Waals surface area contributed by atoms with Gasteiger partial charge in [-0.15, -0.1) is 12.4 Å². The fourth-order valence-electron chi connectivity index (χ4n) is 3.76. The van der Waals surface area contributed by atoms with Crippen LogP contribution < -0.4 is 9.64 Å². The van der Waals surface area contributed by atoms with Crippen LogP contribution >= 0.6 is 23.7 Å². The molecule has 0 aliphatic rings. The SMILES string of the molecule is CCN(CC)CCN(C(=O)c1cccc2ccccc12)c1nc2ccc(OC)cc2s1.Cl. The first kappa shape index (κ1) is 24.0. The quantitative estimate of drug-likeness (QED) is 0.324. The van der Waals surface area contributed by atoms with Gasteiger partial charge in [0.15, 0.2) is 5.13 Å². The summed E-state index contributed by atoms with van der Waals surface area (Å²) < 4.78 is 6.36. The van der Waals surface area contributed by atoms with Crippen LogP contribution in [0.15, 0.2) is 60.7 Å². The van der Waals surface area contributed by atoms with Crippen molar-refractivity contribution in [2.75, 3.05) is 38.2 Å². The molecule has 4 aromatic rings. The number of fused-ring (bicyclic) bond motifs is 2. The Balaban J connectivity index is 0.00000289. The molecule has 4 rings (SSSR count). The minimum Gasteiger partial charge on any atom is -0.497 e. The number of methoxy groups -OCH3 is 1. The third kappa shape index (κ3) is 4.88. The van der Waals surface area contributed by atoms with Crippen LogP contribution in [0, 0.1) is 0 Å². The number of thiazole rings is 1. The van der Waals surface area contributed by atoms with Crippen molar-refractivity contribution in [2.45, 2.75) is 13.8 Å². The molecule has 7 heteroatoms. The lowest BCUT2D eigenvalue weighted by molar-refractivity contribution is 0.0985. The Bertz CT molecular complexity index is 1200. The first-order valence-electron chi connectivity index (χ1n) is 10.6. The van der Waals surface area contributed by atoms with Crippen molar-refractivity contribution in [1.82, 2.24) is 9.88 Å². The molecule has 0 saturated heterocycles. The van der Waals surface area contributed by atoms with E-state index in [-0.39, 0.29) is 18.3 Å². The summed E-state index contributed by atoms with van der Waals surface area (Å²) in [6, 6.07) is 19.7.